The van der Waals surface area contributed by atoms with Crippen LogP contribution in [-0.4, -0.2) is 0 Å². The summed E-state index contributed by atoms with van der Waals surface area (Å²) in [6.07, 6.45) is 0. The fourth-order valence-corrected chi connectivity index (χ4v) is 2.83. The van der Waals surface area contributed by atoms with E-state index < -0.39 is 0 Å². The first-order valence-electron chi connectivity index (χ1n) is 5.94. The number of hydrogen-bond donors (Lipinski definition) is 0. The molecule has 1 heteroatoms. The van der Waals surface area contributed by atoms with Crippen LogP contribution in [0.3, 0.4) is 0 Å². The minimum atomic E-state index is -0.161. The summed E-state index contributed by atoms with van der Waals surface area (Å²) < 4.78 is 13.9. The highest BCUT2D eigenvalue weighted by Gasteiger charge is 2.11. The summed E-state index contributed by atoms with van der Waals surface area (Å²) in [5, 5.41) is 6.15. The molecule has 0 N–H and O–H groups in total. The van der Waals surface area contributed by atoms with Gasteiger partial charge in [0.2, 0.25) is 0 Å². The van der Waals surface area contributed by atoms with Gasteiger partial charge in [-0.15, -0.1) is 0 Å². The first-order chi connectivity index (χ1) is 8.75. The number of benzene rings is 4. The molecule has 0 heterocycles. The number of rotatable bonds is 0. The average molecular weight is 233 g/mol. The molecule has 0 saturated carbocycles. The highest BCUT2D eigenvalue weighted by Crippen LogP contribution is 2.36. The van der Waals surface area contributed by atoms with E-state index in [1.54, 1.807) is 0 Å². The Morgan fingerprint density at radius 2 is 1.22 bits per heavy atom. The highest BCUT2D eigenvalue weighted by atomic mass is 19.1. The number of hydrogen-bond acceptors (Lipinski definition) is 0. The monoisotopic (exact) mass is 233 g/mol. The lowest BCUT2D eigenvalue weighted by Gasteiger charge is -2.12. The largest absolute Gasteiger partial charge is 0.206 e. The molecule has 0 aliphatic heterocycles. The van der Waals surface area contributed by atoms with E-state index in [0.717, 1.165) is 32.5 Å². The van der Waals surface area contributed by atoms with E-state index in [1.807, 2.05) is 30.3 Å². The van der Waals surface area contributed by atoms with Crippen LogP contribution in [0.5, 0.6) is 0 Å². The minimum Gasteiger partial charge on any atom is -0.206 e. The molecule has 1 radical (unpaired) electrons. The third-order valence-corrected chi connectivity index (χ3v) is 3.70. The molecule has 4 aromatic rings. The van der Waals surface area contributed by atoms with Gasteiger partial charge < -0.3 is 0 Å². The second-order valence-corrected chi connectivity index (χ2v) is 4.69. The Labute approximate surface area is 104 Å². The van der Waals surface area contributed by atoms with Crippen LogP contribution in [0, 0.1) is 12.7 Å². The van der Waals surface area contributed by atoms with Crippen molar-refractivity contribution in [3.05, 3.63) is 66.8 Å². The van der Waals surface area contributed by atoms with Crippen molar-refractivity contribution in [1.82, 2.24) is 0 Å². The van der Waals surface area contributed by atoms with Gasteiger partial charge in [-0.3, -0.25) is 0 Å². The quantitative estimate of drug-likeness (QED) is 0.379. The first-order valence-corrected chi connectivity index (χ1v) is 5.94. The molecular formula is C17H10F. The van der Waals surface area contributed by atoms with Crippen LogP contribution in [0.15, 0.2) is 48.5 Å². The van der Waals surface area contributed by atoms with Gasteiger partial charge in [0.15, 0.2) is 0 Å². The molecule has 0 amide bonds. The van der Waals surface area contributed by atoms with Crippen LogP contribution >= 0.6 is 0 Å². The minimum absolute atomic E-state index is 0.161. The Kier molecular flexibility index (Phi) is 1.75. The lowest BCUT2D eigenvalue weighted by atomic mass is 9.92. The van der Waals surface area contributed by atoms with E-state index in [0.29, 0.717) is 5.39 Å². The van der Waals surface area contributed by atoms with Crippen LogP contribution in [-0.2, 0) is 0 Å². The summed E-state index contributed by atoms with van der Waals surface area (Å²) in [5.74, 6) is -0.161. The van der Waals surface area contributed by atoms with Gasteiger partial charge in [0.05, 0.1) is 0 Å². The van der Waals surface area contributed by atoms with Crippen molar-refractivity contribution in [1.29, 1.82) is 0 Å². The fraction of sp³-hybridized carbons (Fsp3) is 0. The third kappa shape index (κ3) is 1.09. The molecule has 18 heavy (non-hydrogen) atoms. The smallest absolute Gasteiger partial charge is 0.131 e. The maximum absolute atomic E-state index is 13.9. The zero-order valence-electron chi connectivity index (χ0n) is 9.70. The SMILES string of the molecule is [CH2]c1ccc2ccc3c(F)ccc4ccc1c2c43. The zero-order chi connectivity index (χ0) is 12.3. The lowest BCUT2D eigenvalue weighted by molar-refractivity contribution is 0.640. The Morgan fingerprint density at radius 1 is 0.667 bits per heavy atom. The predicted molar refractivity (Wildman–Crippen MR) is 74.6 cm³/mol. The van der Waals surface area contributed by atoms with Crippen molar-refractivity contribution in [2.24, 2.45) is 0 Å². The van der Waals surface area contributed by atoms with Crippen LogP contribution in [0.1, 0.15) is 5.56 Å². The van der Waals surface area contributed by atoms with Crippen molar-refractivity contribution >= 4 is 32.3 Å². The van der Waals surface area contributed by atoms with E-state index >= 15 is 0 Å². The van der Waals surface area contributed by atoms with Crippen LogP contribution in [0.25, 0.3) is 32.3 Å². The van der Waals surface area contributed by atoms with Crippen molar-refractivity contribution in [2.45, 2.75) is 0 Å². The molecule has 0 aliphatic carbocycles. The standard InChI is InChI=1S/C17H10F/c1-10-2-3-11-5-8-14-15(18)9-6-12-4-7-13(10)16(11)17(12)14/h2-9H,1H2. The van der Waals surface area contributed by atoms with Crippen molar-refractivity contribution < 1.29 is 4.39 Å². The van der Waals surface area contributed by atoms with E-state index in [1.165, 1.54) is 6.07 Å². The van der Waals surface area contributed by atoms with E-state index in [4.69, 9.17) is 0 Å². The van der Waals surface area contributed by atoms with Gasteiger partial charge >= 0.3 is 0 Å². The molecular weight excluding hydrogens is 223 g/mol. The molecule has 0 saturated heterocycles. The molecule has 0 atom stereocenters. The molecule has 4 rings (SSSR count). The van der Waals surface area contributed by atoms with Gasteiger partial charge in [-0.05, 0) is 40.1 Å². The third-order valence-electron chi connectivity index (χ3n) is 3.70. The Morgan fingerprint density at radius 3 is 2.00 bits per heavy atom. The molecule has 0 aromatic heterocycles. The molecule has 0 nitrogen and oxygen atoms in total. The summed E-state index contributed by atoms with van der Waals surface area (Å²) in [6.45, 7) is 4.05. The molecule has 4 aromatic carbocycles. The highest BCUT2D eigenvalue weighted by molar-refractivity contribution is 6.23. The summed E-state index contributed by atoms with van der Waals surface area (Å²) in [6, 6.07) is 15.4. The normalized spacial score (nSPS) is 11.9. The lowest BCUT2D eigenvalue weighted by Crippen LogP contribution is -1.87. The first kappa shape index (κ1) is 9.84. The molecule has 0 spiro atoms. The average Bonchev–Trinajstić information content (AvgIpc) is 2.40. The summed E-state index contributed by atoms with van der Waals surface area (Å²) in [5.41, 5.74) is 0.987. The molecule has 85 valence electrons. The predicted octanol–water partition coefficient (Wildman–Crippen LogP) is 4.91. The Bertz CT molecular complexity index is 814. The summed E-state index contributed by atoms with van der Waals surface area (Å²) in [4.78, 5) is 0. The molecule has 0 bridgehead atoms. The number of halogens is 1. The molecule has 0 unspecified atom stereocenters. The van der Waals surface area contributed by atoms with Gasteiger partial charge in [-0.25, -0.2) is 4.39 Å². The second-order valence-electron chi connectivity index (χ2n) is 4.69. The summed E-state index contributed by atoms with van der Waals surface area (Å²) in [7, 11) is 0. The maximum atomic E-state index is 13.9. The summed E-state index contributed by atoms with van der Waals surface area (Å²) >= 11 is 0. The van der Waals surface area contributed by atoms with Gasteiger partial charge in [-0.2, -0.15) is 0 Å². The van der Waals surface area contributed by atoms with Gasteiger partial charge in [-0.1, -0.05) is 42.5 Å². The zero-order valence-corrected chi connectivity index (χ0v) is 9.70. The van der Waals surface area contributed by atoms with Crippen LogP contribution in [0.4, 0.5) is 4.39 Å². The Hall–Kier alpha value is -2.15. The molecule has 0 aliphatic rings. The van der Waals surface area contributed by atoms with E-state index in [2.05, 4.69) is 19.1 Å². The maximum Gasteiger partial charge on any atom is 0.131 e. The molecule has 0 fully saturated rings. The van der Waals surface area contributed by atoms with Gasteiger partial charge in [0.25, 0.3) is 0 Å². The Balaban J connectivity index is 2.47. The fourth-order valence-electron chi connectivity index (χ4n) is 2.83. The topological polar surface area (TPSA) is 0 Å². The van der Waals surface area contributed by atoms with Crippen LogP contribution in [0.2, 0.25) is 0 Å². The van der Waals surface area contributed by atoms with Crippen LogP contribution < -0.4 is 0 Å². The van der Waals surface area contributed by atoms with E-state index in [-0.39, 0.29) is 5.82 Å². The van der Waals surface area contributed by atoms with Crippen molar-refractivity contribution in [2.75, 3.05) is 0 Å². The van der Waals surface area contributed by atoms with E-state index in [9.17, 15) is 4.39 Å². The second kappa shape index (κ2) is 3.20. The van der Waals surface area contributed by atoms with Crippen molar-refractivity contribution in [3.63, 3.8) is 0 Å². The van der Waals surface area contributed by atoms with Gasteiger partial charge in [0, 0.05) is 10.8 Å². The van der Waals surface area contributed by atoms with Crippen molar-refractivity contribution in [3.8, 4) is 0 Å². The van der Waals surface area contributed by atoms with Gasteiger partial charge in [0.1, 0.15) is 5.82 Å².